The smallest absolute Gasteiger partial charge is 0.246 e. The van der Waals surface area contributed by atoms with Crippen LogP contribution in [0.2, 0.25) is 0 Å². The number of nitrogens with one attached hydrogen (secondary N) is 2. The summed E-state index contributed by atoms with van der Waals surface area (Å²) in [7, 11) is 0. The fourth-order valence-corrected chi connectivity index (χ4v) is 4.38. The van der Waals surface area contributed by atoms with Gasteiger partial charge in [-0.1, -0.05) is 26.3 Å². The largest absolute Gasteiger partial charge is 0.351 e. The average molecular weight is 645 g/mol. The first-order chi connectivity index (χ1) is 21.9. The zero-order valence-corrected chi connectivity index (χ0v) is 27.6. The van der Waals surface area contributed by atoms with Gasteiger partial charge in [0.2, 0.25) is 29.5 Å². The van der Waals surface area contributed by atoms with Gasteiger partial charge >= 0.3 is 0 Å². The summed E-state index contributed by atoms with van der Waals surface area (Å²) in [6.45, 7) is 20.2. The molecule has 0 aliphatic rings. The minimum atomic E-state index is -0.365. The lowest BCUT2D eigenvalue weighted by molar-refractivity contribution is -0.134. The predicted molar refractivity (Wildman–Crippen MR) is 177 cm³/mol. The van der Waals surface area contributed by atoms with Gasteiger partial charge in [-0.2, -0.15) is 0 Å². The Morgan fingerprint density at radius 3 is 1.37 bits per heavy atom. The third-order valence-electron chi connectivity index (χ3n) is 6.99. The number of ketones is 2. The van der Waals surface area contributed by atoms with Crippen molar-refractivity contribution in [3.8, 4) is 0 Å². The summed E-state index contributed by atoms with van der Waals surface area (Å²) in [5, 5.41) is 5.26. The summed E-state index contributed by atoms with van der Waals surface area (Å²) in [6.07, 6.45) is 6.53. The zero-order valence-electron chi connectivity index (χ0n) is 27.6. The first kappa shape index (κ1) is 41.6. The van der Waals surface area contributed by atoms with Crippen molar-refractivity contribution in [1.29, 1.82) is 0 Å². The monoisotopic (exact) mass is 644 g/mol. The summed E-state index contributed by atoms with van der Waals surface area (Å²) < 4.78 is 0. The van der Waals surface area contributed by atoms with Crippen molar-refractivity contribution in [2.45, 2.75) is 46.0 Å². The summed E-state index contributed by atoms with van der Waals surface area (Å²) >= 11 is 0. The molecule has 46 heavy (non-hydrogen) atoms. The molecule has 0 radical (unpaired) electrons. The second-order valence-corrected chi connectivity index (χ2v) is 10.6. The van der Waals surface area contributed by atoms with Crippen molar-refractivity contribution in [3.63, 3.8) is 0 Å². The molecule has 0 saturated heterocycles. The predicted octanol–water partition coefficient (Wildman–Crippen LogP) is 0.879. The highest BCUT2D eigenvalue weighted by Gasteiger charge is 2.20. The summed E-state index contributed by atoms with van der Waals surface area (Å²) in [5.74, 6) is -1.46. The van der Waals surface area contributed by atoms with E-state index in [1.54, 1.807) is 9.80 Å². The average Bonchev–Trinajstić information content (AvgIpc) is 3.03. The Morgan fingerprint density at radius 1 is 0.500 bits per heavy atom. The number of hydrogen-bond acceptors (Lipinski definition) is 8. The molecule has 0 spiro atoms. The highest BCUT2D eigenvalue weighted by atomic mass is 16.2. The molecule has 2 N–H and O–H groups in total. The number of rotatable bonds is 27. The Labute approximate surface area is 273 Å². The van der Waals surface area contributed by atoms with Gasteiger partial charge in [0.05, 0.1) is 0 Å². The third kappa shape index (κ3) is 19.8. The van der Waals surface area contributed by atoms with E-state index in [1.807, 2.05) is 4.90 Å². The quantitative estimate of drug-likeness (QED) is 0.125. The highest BCUT2D eigenvalue weighted by Crippen LogP contribution is 2.06. The van der Waals surface area contributed by atoms with Crippen LogP contribution in [0, 0.1) is 0 Å². The molecule has 0 unspecified atom stereocenters. The third-order valence-corrected chi connectivity index (χ3v) is 6.99. The van der Waals surface area contributed by atoms with E-state index in [4.69, 9.17) is 0 Å². The molecule has 0 atom stereocenters. The van der Waals surface area contributed by atoms with E-state index in [1.165, 1.54) is 30.9 Å². The standard InChI is InChI=1S/C33H52N6O7/c1-7-29(42)34-16-21-38(31(44)9-3)24-23-36(18-11-13-27(5)40)20-15-33(46)37(19-12-14-28(6)41)25-26-39(32(45)10-4)22-17-35-30(43)8-2/h7-10H,1-4,11-26H2,5-6H3,(H,34,42)(H,35,43). The van der Waals surface area contributed by atoms with Crippen LogP contribution in [0.4, 0.5) is 0 Å². The van der Waals surface area contributed by atoms with Crippen LogP contribution < -0.4 is 10.6 Å². The maximum Gasteiger partial charge on any atom is 0.246 e. The Kier molecular flexibility index (Phi) is 22.5. The van der Waals surface area contributed by atoms with Gasteiger partial charge in [-0.3, -0.25) is 24.0 Å². The van der Waals surface area contributed by atoms with Crippen LogP contribution in [0.3, 0.4) is 0 Å². The van der Waals surface area contributed by atoms with Crippen molar-refractivity contribution in [1.82, 2.24) is 30.2 Å². The Bertz CT molecular complexity index is 1090. The molecule has 0 bridgehead atoms. The molecule has 0 heterocycles. The lowest BCUT2D eigenvalue weighted by atomic mass is 10.2. The van der Waals surface area contributed by atoms with E-state index in [-0.39, 0.29) is 86.8 Å². The minimum Gasteiger partial charge on any atom is -0.351 e. The number of hydrogen-bond donors (Lipinski definition) is 2. The second kappa shape index (κ2) is 24.9. The lowest BCUT2D eigenvalue weighted by Gasteiger charge is -2.30. The highest BCUT2D eigenvalue weighted by molar-refractivity contribution is 5.88. The summed E-state index contributed by atoms with van der Waals surface area (Å²) in [4.78, 5) is 91.2. The number of amides is 5. The molecule has 0 aromatic carbocycles. The molecular formula is C33H52N6O7. The van der Waals surface area contributed by atoms with Gasteiger partial charge in [0.15, 0.2) is 0 Å². The molecule has 0 saturated carbocycles. The molecule has 0 rings (SSSR count). The number of Topliss-reactive ketones (excluding diaryl/α,β-unsaturated/α-hetero) is 2. The van der Waals surface area contributed by atoms with E-state index in [9.17, 15) is 33.6 Å². The molecule has 256 valence electrons. The van der Waals surface area contributed by atoms with Crippen LogP contribution in [-0.2, 0) is 33.6 Å². The summed E-state index contributed by atoms with van der Waals surface area (Å²) in [6, 6.07) is 0. The molecule has 0 fully saturated rings. The molecule has 0 aliphatic carbocycles. The lowest BCUT2D eigenvalue weighted by Crippen LogP contribution is -2.45. The van der Waals surface area contributed by atoms with Crippen LogP contribution in [0.1, 0.15) is 46.0 Å². The van der Waals surface area contributed by atoms with E-state index in [2.05, 4.69) is 36.9 Å². The maximum atomic E-state index is 13.5. The zero-order chi connectivity index (χ0) is 34.9. The molecule has 13 heteroatoms. The molecule has 0 aromatic heterocycles. The maximum absolute atomic E-state index is 13.5. The van der Waals surface area contributed by atoms with Crippen molar-refractivity contribution >= 4 is 41.1 Å². The fourth-order valence-electron chi connectivity index (χ4n) is 4.38. The Morgan fingerprint density at radius 2 is 0.935 bits per heavy atom. The molecule has 0 aromatic rings. The van der Waals surface area contributed by atoms with Crippen molar-refractivity contribution in [2.75, 3.05) is 72.0 Å². The van der Waals surface area contributed by atoms with E-state index < -0.39 is 0 Å². The first-order valence-corrected chi connectivity index (χ1v) is 15.5. The number of carbonyl (C=O) groups excluding carboxylic acids is 7. The van der Waals surface area contributed by atoms with Gasteiger partial charge in [-0.15, -0.1) is 0 Å². The van der Waals surface area contributed by atoms with Gasteiger partial charge < -0.3 is 39.8 Å². The van der Waals surface area contributed by atoms with Gasteiger partial charge in [0.1, 0.15) is 11.6 Å². The van der Waals surface area contributed by atoms with Gasteiger partial charge in [0.25, 0.3) is 0 Å². The van der Waals surface area contributed by atoms with Crippen LogP contribution >= 0.6 is 0 Å². The molecule has 5 amide bonds. The van der Waals surface area contributed by atoms with Crippen LogP contribution in [0.15, 0.2) is 50.6 Å². The number of carbonyl (C=O) groups is 7. The topological polar surface area (TPSA) is 157 Å². The Balaban J connectivity index is 5.57. The van der Waals surface area contributed by atoms with Gasteiger partial charge in [0, 0.05) is 84.7 Å². The van der Waals surface area contributed by atoms with Crippen molar-refractivity contribution < 1.29 is 33.6 Å². The van der Waals surface area contributed by atoms with E-state index >= 15 is 0 Å². The molecular weight excluding hydrogens is 592 g/mol. The van der Waals surface area contributed by atoms with Gasteiger partial charge in [-0.05, 0) is 57.5 Å². The second-order valence-electron chi connectivity index (χ2n) is 10.6. The van der Waals surface area contributed by atoms with Crippen molar-refractivity contribution in [3.05, 3.63) is 50.6 Å². The first-order valence-electron chi connectivity index (χ1n) is 15.5. The van der Waals surface area contributed by atoms with Gasteiger partial charge in [-0.25, -0.2) is 0 Å². The van der Waals surface area contributed by atoms with Crippen LogP contribution in [0.5, 0.6) is 0 Å². The van der Waals surface area contributed by atoms with Crippen LogP contribution in [0.25, 0.3) is 0 Å². The molecule has 0 aliphatic heterocycles. The van der Waals surface area contributed by atoms with E-state index in [0.717, 1.165) is 12.2 Å². The summed E-state index contributed by atoms with van der Waals surface area (Å²) in [5.41, 5.74) is 0. The van der Waals surface area contributed by atoms with Crippen molar-refractivity contribution in [2.24, 2.45) is 0 Å². The van der Waals surface area contributed by atoms with Crippen LogP contribution in [-0.4, -0.2) is 133 Å². The molecule has 13 nitrogen and oxygen atoms in total. The number of nitrogens with zero attached hydrogens (tertiary/aromatic N) is 4. The SMILES string of the molecule is C=CC(=O)NCCN(CCN(CCCC(C)=O)CCC(=O)N(CCCC(C)=O)CCN(CCNC(=O)C=C)C(=O)C=C)C(=O)C=C. The van der Waals surface area contributed by atoms with E-state index in [0.29, 0.717) is 58.4 Å². The fraction of sp³-hybridized carbons (Fsp3) is 0.545. The normalized spacial score (nSPS) is 10.3. The Hall–Kier alpha value is -4.39. The minimum absolute atomic E-state index is 0.00755.